The molecule has 0 aliphatic carbocycles. The molecule has 2 aromatic rings. The van der Waals surface area contributed by atoms with Gasteiger partial charge in [0.1, 0.15) is 23.3 Å². The van der Waals surface area contributed by atoms with E-state index in [1.807, 2.05) is 0 Å². The first-order valence-corrected chi connectivity index (χ1v) is 5.35. The van der Waals surface area contributed by atoms with Crippen LogP contribution in [0.4, 0.5) is 19.0 Å². The highest BCUT2D eigenvalue weighted by atomic mass is 19.1. The van der Waals surface area contributed by atoms with Crippen molar-refractivity contribution >= 4 is 11.6 Å². The van der Waals surface area contributed by atoms with Gasteiger partial charge >= 0.3 is 0 Å². The number of hydrogen-bond acceptors (Lipinski definition) is 3. The lowest BCUT2D eigenvalue weighted by atomic mass is 10.0. The minimum atomic E-state index is -1.22. The van der Waals surface area contributed by atoms with Gasteiger partial charge in [0, 0.05) is 24.8 Å². The van der Waals surface area contributed by atoms with Crippen LogP contribution in [-0.4, -0.2) is 10.8 Å². The Kier molecular flexibility index (Phi) is 3.50. The van der Waals surface area contributed by atoms with Crippen LogP contribution in [0.15, 0.2) is 30.5 Å². The molecule has 0 aliphatic rings. The Morgan fingerprint density at radius 2 is 1.79 bits per heavy atom. The molecule has 0 radical (unpaired) electrons. The maximum absolute atomic E-state index is 13.4. The van der Waals surface area contributed by atoms with E-state index in [4.69, 9.17) is 5.73 Å². The number of nitrogens with two attached hydrogens (primary N) is 1. The van der Waals surface area contributed by atoms with Gasteiger partial charge in [-0.2, -0.15) is 0 Å². The highest BCUT2D eigenvalue weighted by Gasteiger charge is 2.19. The highest BCUT2D eigenvalue weighted by molar-refractivity contribution is 5.98. The van der Waals surface area contributed by atoms with Crippen molar-refractivity contribution in [1.82, 2.24) is 4.98 Å². The van der Waals surface area contributed by atoms with Gasteiger partial charge in [-0.25, -0.2) is 18.2 Å². The molecule has 2 N–H and O–H groups in total. The summed E-state index contributed by atoms with van der Waals surface area (Å²) < 4.78 is 39.5. The van der Waals surface area contributed by atoms with E-state index in [1.54, 1.807) is 0 Å². The Morgan fingerprint density at radius 1 is 1.16 bits per heavy atom. The Bertz CT molecular complexity index is 621. The summed E-state index contributed by atoms with van der Waals surface area (Å²) in [6.07, 6.45) is 1.14. The summed E-state index contributed by atoms with van der Waals surface area (Å²) in [6.45, 7) is 0. The van der Waals surface area contributed by atoms with Crippen molar-refractivity contribution in [3.8, 4) is 0 Å². The number of nitrogens with zero attached hydrogens (tertiary/aromatic N) is 1. The number of halogens is 3. The molecule has 0 amide bonds. The molecule has 0 spiro atoms. The van der Waals surface area contributed by atoms with Gasteiger partial charge in [-0.3, -0.25) is 4.79 Å². The SMILES string of the molecule is Nc1cc(CC(=O)c2c(F)cc(F)cc2F)ccn1. The van der Waals surface area contributed by atoms with Gasteiger partial charge in [0.2, 0.25) is 0 Å². The van der Waals surface area contributed by atoms with Crippen LogP contribution < -0.4 is 5.73 Å². The highest BCUT2D eigenvalue weighted by Crippen LogP contribution is 2.17. The van der Waals surface area contributed by atoms with Crippen LogP contribution in [0.5, 0.6) is 0 Å². The minimum Gasteiger partial charge on any atom is -0.384 e. The van der Waals surface area contributed by atoms with Gasteiger partial charge in [0.05, 0.1) is 5.56 Å². The zero-order valence-electron chi connectivity index (χ0n) is 9.66. The van der Waals surface area contributed by atoms with E-state index in [0.29, 0.717) is 17.7 Å². The lowest BCUT2D eigenvalue weighted by Crippen LogP contribution is -2.10. The molecule has 98 valence electrons. The van der Waals surface area contributed by atoms with Crippen molar-refractivity contribution in [1.29, 1.82) is 0 Å². The van der Waals surface area contributed by atoms with Crippen molar-refractivity contribution in [2.75, 3.05) is 5.73 Å². The average molecular weight is 266 g/mol. The van der Waals surface area contributed by atoms with Crippen molar-refractivity contribution in [3.05, 3.63) is 59.0 Å². The first-order chi connectivity index (χ1) is 8.97. The third-order valence-corrected chi connectivity index (χ3v) is 2.50. The number of aromatic nitrogens is 1. The second-order valence-corrected chi connectivity index (χ2v) is 3.93. The van der Waals surface area contributed by atoms with E-state index in [9.17, 15) is 18.0 Å². The number of rotatable bonds is 3. The number of ketones is 1. The monoisotopic (exact) mass is 266 g/mol. The van der Waals surface area contributed by atoms with Crippen molar-refractivity contribution in [3.63, 3.8) is 0 Å². The smallest absolute Gasteiger partial charge is 0.173 e. The quantitative estimate of drug-likeness (QED) is 0.868. The summed E-state index contributed by atoms with van der Waals surface area (Å²) in [7, 11) is 0. The molecule has 0 unspecified atom stereocenters. The molecule has 1 aromatic heterocycles. The fourth-order valence-electron chi connectivity index (χ4n) is 1.69. The standard InChI is InChI=1S/C13H9F3N2O/c14-8-5-9(15)13(10(16)6-8)11(19)3-7-1-2-18-12(17)4-7/h1-2,4-6H,3H2,(H2,17,18). The van der Waals surface area contributed by atoms with Crippen LogP contribution >= 0.6 is 0 Å². The fourth-order valence-corrected chi connectivity index (χ4v) is 1.69. The summed E-state index contributed by atoms with van der Waals surface area (Å²) in [5.41, 5.74) is 5.15. The molecular weight excluding hydrogens is 257 g/mol. The number of carbonyl (C=O) groups is 1. The number of hydrogen-bond donors (Lipinski definition) is 1. The molecule has 0 saturated heterocycles. The van der Waals surface area contributed by atoms with Gasteiger partial charge in [-0.05, 0) is 17.7 Å². The predicted octanol–water partition coefficient (Wildman–Crippen LogP) is 2.51. The molecule has 2 rings (SSSR count). The second kappa shape index (κ2) is 5.09. The summed E-state index contributed by atoms with van der Waals surface area (Å²) in [5.74, 6) is -4.10. The molecule has 0 atom stereocenters. The molecular formula is C13H9F3N2O. The predicted molar refractivity (Wildman–Crippen MR) is 63.0 cm³/mol. The molecule has 0 aliphatic heterocycles. The Morgan fingerprint density at radius 3 is 2.37 bits per heavy atom. The van der Waals surface area contributed by atoms with Crippen molar-refractivity contribution in [2.24, 2.45) is 0 Å². The minimum absolute atomic E-state index is 0.199. The average Bonchev–Trinajstić information content (AvgIpc) is 2.27. The maximum Gasteiger partial charge on any atom is 0.173 e. The zero-order valence-corrected chi connectivity index (χ0v) is 9.66. The van der Waals surface area contributed by atoms with Gasteiger partial charge in [-0.15, -0.1) is 0 Å². The first kappa shape index (κ1) is 13.1. The van der Waals surface area contributed by atoms with Crippen LogP contribution in [0.25, 0.3) is 0 Å². The molecule has 0 bridgehead atoms. The summed E-state index contributed by atoms with van der Waals surface area (Å²) in [4.78, 5) is 15.5. The third kappa shape index (κ3) is 2.90. The van der Waals surface area contributed by atoms with E-state index in [0.717, 1.165) is 0 Å². The van der Waals surface area contributed by atoms with E-state index in [2.05, 4.69) is 4.98 Å². The lowest BCUT2D eigenvalue weighted by molar-refractivity contribution is 0.0985. The van der Waals surface area contributed by atoms with Gasteiger partial charge in [0.15, 0.2) is 5.78 Å². The number of anilines is 1. The second-order valence-electron chi connectivity index (χ2n) is 3.93. The van der Waals surface area contributed by atoms with Crippen LogP contribution in [0.1, 0.15) is 15.9 Å². The van der Waals surface area contributed by atoms with Crippen LogP contribution in [0.3, 0.4) is 0 Å². The van der Waals surface area contributed by atoms with Crippen LogP contribution in [0, 0.1) is 17.5 Å². The lowest BCUT2D eigenvalue weighted by Gasteiger charge is -2.05. The number of nitrogen functional groups attached to an aromatic ring is 1. The number of Topliss-reactive ketones (excluding diaryl/α,β-unsaturated/α-hetero) is 1. The Labute approximate surface area is 106 Å². The molecule has 0 fully saturated rings. The molecule has 1 heterocycles. The van der Waals surface area contributed by atoms with Crippen LogP contribution in [-0.2, 0) is 6.42 Å². The van der Waals surface area contributed by atoms with E-state index in [-0.39, 0.29) is 12.2 Å². The van der Waals surface area contributed by atoms with Gasteiger partial charge in [-0.1, -0.05) is 0 Å². The number of benzene rings is 1. The zero-order chi connectivity index (χ0) is 14.0. The first-order valence-electron chi connectivity index (χ1n) is 5.35. The maximum atomic E-state index is 13.4. The Hall–Kier alpha value is -2.37. The van der Waals surface area contributed by atoms with E-state index < -0.39 is 28.8 Å². The summed E-state index contributed by atoms with van der Waals surface area (Å²) >= 11 is 0. The molecule has 19 heavy (non-hydrogen) atoms. The number of carbonyl (C=O) groups excluding carboxylic acids is 1. The van der Waals surface area contributed by atoms with E-state index in [1.165, 1.54) is 18.3 Å². The third-order valence-electron chi connectivity index (χ3n) is 2.50. The van der Waals surface area contributed by atoms with Crippen molar-refractivity contribution < 1.29 is 18.0 Å². The summed E-state index contributed by atoms with van der Waals surface area (Å²) in [6, 6.07) is 3.87. The summed E-state index contributed by atoms with van der Waals surface area (Å²) in [5, 5.41) is 0. The topological polar surface area (TPSA) is 56.0 Å². The van der Waals surface area contributed by atoms with Gasteiger partial charge < -0.3 is 5.73 Å². The fraction of sp³-hybridized carbons (Fsp3) is 0.0769. The molecule has 6 heteroatoms. The van der Waals surface area contributed by atoms with Crippen molar-refractivity contribution in [2.45, 2.75) is 6.42 Å². The van der Waals surface area contributed by atoms with Crippen LogP contribution in [0.2, 0.25) is 0 Å². The normalized spacial score (nSPS) is 10.5. The molecule has 3 nitrogen and oxygen atoms in total. The largest absolute Gasteiger partial charge is 0.384 e. The molecule has 0 saturated carbocycles. The number of pyridine rings is 1. The Balaban J connectivity index is 2.31. The van der Waals surface area contributed by atoms with Gasteiger partial charge in [0.25, 0.3) is 0 Å². The molecule has 1 aromatic carbocycles. The van der Waals surface area contributed by atoms with E-state index >= 15 is 0 Å².